The number of rotatable bonds is 8. The Morgan fingerprint density at radius 1 is 1.16 bits per heavy atom. The summed E-state index contributed by atoms with van der Waals surface area (Å²) < 4.78 is 26.1. The third-order valence-electron chi connectivity index (χ3n) is 4.75. The van der Waals surface area contributed by atoms with Crippen molar-refractivity contribution in [2.45, 2.75) is 58.8 Å². The van der Waals surface area contributed by atoms with E-state index in [2.05, 4.69) is 18.3 Å². The van der Waals surface area contributed by atoms with Crippen LogP contribution < -0.4 is 5.32 Å². The summed E-state index contributed by atoms with van der Waals surface area (Å²) in [6.45, 7) is 5.35. The van der Waals surface area contributed by atoms with Gasteiger partial charge in [0, 0.05) is 25.2 Å². The minimum Gasteiger partial charge on any atom is -0.326 e. The highest BCUT2D eigenvalue weighted by atomic mass is 32.2. The Balaban J connectivity index is 1.75. The highest BCUT2D eigenvalue weighted by Gasteiger charge is 2.23. The lowest BCUT2D eigenvalue weighted by atomic mass is 10.1. The Morgan fingerprint density at radius 3 is 2.56 bits per heavy atom. The molecular formula is C19H30N2O3S. The standard InChI is InChI=1S/C19H30N2O3S/c1-3-17-11-10-16(2)18(15-17)20-19(22)9-5-8-14-25(23,24)21-12-6-4-7-13-21/h10-11,15H,3-9,12-14H2,1-2H3,(H,20,22). The second-order valence-corrected chi connectivity index (χ2v) is 8.87. The fourth-order valence-corrected chi connectivity index (χ4v) is 4.72. The van der Waals surface area contributed by atoms with Crippen LogP contribution in [0.15, 0.2) is 18.2 Å². The average molecular weight is 367 g/mol. The van der Waals surface area contributed by atoms with Gasteiger partial charge in [-0.2, -0.15) is 0 Å². The zero-order valence-electron chi connectivity index (χ0n) is 15.4. The lowest BCUT2D eigenvalue weighted by molar-refractivity contribution is -0.116. The fraction of sp³-hybridized carbons (Fsp3) is 0.632. The van der Waals surface area contributed by atoms with Crippen molar-refractivity contribution in [3.63, 3.8) is 0 Å². The molecule has 0 saturated carbocycles. The molecule has 6 heteroatoms. The monoisotopic (exact) mass is 366 g/mol. The second kappa shape index (κ2) is 9.34. The number of piperidine rings is 1. The molecule has 0 aromatic heterocycles. The lowest BCUT2D eigenvalue weighted by Crippen LogP contribution is -2.37. The Morgan fingerprint density at radius 2 is 1.88 bits per heavy atom. The molecule has 1 fully saturated rings. The van der Waals surface area contributed by atoms with E-state index in [1.54, 1.807) is 4.31 Å². The SMILES string of the molecule is CCc1ccc(C)c(NC(=O)CCCCS(=O)(=O)N2CCCCC2)c1. The first-order chi connectivity index (χ1) is 11.9. The summed E-state index contributed by atoms with van der Waals surface area (Å²) in [5.74, 6) is 0.0941. The van der Waals surface area contributed by atoms with Crippen LogP contribution in [-0.4, -0.2) is 37.5 Å². The van der Waals surface area contributed by atoms with Gasteiger partial charge in [0.15, 0.2) is 0 Å². The first-order valence-corrected chi connectivity index (χ1v) is 10.9. The van der Waals surface area contributed by atoms with Gasteiger partial charge >= 0.3 is 0 Å². The van der Waals surface area contributed by atoms with Crippen molar-refractivity contribution in [3.05, 3.63) is 29.3 Å². The van der Waals surface area contributed by atoms with Gasteiger partial charge in [0.05, 0.1) is 5.75 Å². The van der Waals surface area contributed by atoms with Crippen LogP contribution in [0.4, 0.5) is 5.69 Å². The number of amides is 1. The first-order valence-electron chi connectivity index (χ1n) is 9.29. The van der Waals surface area contributed by atoms with E-state index < -0.39 is 10.0 Å². The Labute approximate surface area is 151 Å². The molecule has 140 valence electrons. The van der Waals surface area contributed by atoms with E-state index in [1.807, 2.05) is 19.1 Å². The normalized spacial score (nSPS) is 15.9. The Hall–Kier alpha value is -1.40. The number of sulfonamides is 1. The molecule has 2 rings (SSSR count). The maximum absolute atomic E-state index is 12.3. The molecule has 1 aliphatic rings. The third kappa shape index (κ3) is 6.12. The van der Waals surface area contributed by atoms with Crippen LogP contribution in [0.5, 0.6) is 0 Å². The van der Waals surface area contributed by atoms with Gasteiger partial charge in [0.25, 0.3) is 0 Å². The molecule has 0 radical (unpaired) electrons. The largest absolute Gasteiger partial charge is 0.326 e. The second-order valence-electron chi connectivity index (χ2n) is 6.78. The van der Waals surface area contributed by atoms with Gasteiger partial charge in [0.1, 0.15) is 0 Å². The smallest absolute Gasteiger partial charge is 0.224 e. The van der Waals surface area contributed by atoms with Crippen molar-refractivity contribution < 1.29 is 13.2 Å². The van der Waals surface area contributed by atoms with E-state index in [0.29, 0.717) is 32.4 Å². The van der Waals surface area contributed by atoms with E-state index >= 15 is 0 Å². The van der Waals surface area contributed by atoms with Crippen molar-refractivity contribution in [3.8, 4) is 0 Å². The van der Waals surface area contributed by atoms with Gasteiger partial charge in [-0.15, -0.1) is 0 Å². The minimum atomic E-state index is -3.15. The van der Waals surface area contributed by atoms with E-state index in [9.17, 15) is 13.2 Å². The zero-order valence-corrected chi connectivity index (χ0v) is 16.2. The number of benzene rings is 1. The van der Waals surface area contributed by atoms with Gasteiger partial charge < -0.3 is 5.32 Å². The first kappa shape index (κ1) is 19.9. The molecule has 1 saturated heterocycles. The average Bonchev–Trinajstić information content (AvgIpc) is 2.61. The summed E-state index contributed by atoms with van der Waals surface area (Å²) in [5, 5.41) is 2.95. The molecule has 0 aliphatic carbocycles. The summed E-state index contributed by atoms with van der Waals surface area (Å²) in [6.07, 6.45) is 5.43. The van der Waals surface area contributed by atoms with Crippen molar-refractivity contribution in [1.29, 1.82) is 0 Å². The number of anilines is 1. The van der Waals surface area contributed by atoms with Crippen molar-refractivity contribution >= 4 is 21.6 Å². The van der Waals surface area contributed by atoms with E-state index in [1.165, 1.54) is 5.56 Å². The highest BCUT2D eigenvalue weighted by Crippen LogP contribution is 2.18. The molecule has 1 aromatic carbocycles. The zero-order chi connectivity index (χ0) is 18.3. The summed E-state index contributed by atoms with van der Waals surface area (Å²) in [6, 6.07) is 6.09. The molecule has 1 amide bonds. The molecule has 0 bridgehead atoms. The van der Waals surface area contributed by atoms with Crippen LogP contribution in [0.25, 0.3) is 0 Å². The molecule has 1 aliphatic heterocycles. The predicted molar refractivity (Wildman–Crippen MR) is 102 cm³/mol. The van der Waals surface area contributed by atoms with Crippen molar-refractivity contribution in [2.75, 3.05) is 24.2 Å². The van der Waals surface area contributed by atoms with Gasteiger partial charge in [-0.1, -0.05) is 25.5 Å². The number of carbonyl (C=O) groups excluding carboxylic acids is 1. The van der Waals surface area contributed by atoms with E-state index in [-0.39, 0.29) is 11.7 Å². The van der Waals surface area contributed by atoms with Crippen LogP contribution in [0.2, 0.25) is 0 Å². The summed E-state index contributed by atoms with van der Waals surface area (Å²) in [5.41, 5.74) is 3.08. The van der Waals surface area contributed by atoms with Crippen LogP contribution in [0.3, 0.4) is 0 Å². The van der Waals surface area contributed by atoms with Crippen LogP contribution in [0, 0.1) is 6.92 Å². The maximum Gasteiger partial charge on any atom is 0.224 e. The van der Waals surface area contributed by atoms with Crippen LogP contribution in [0.1, 0.15) is 56.6 Å². The molecule has 1 heterocycles. The number of unbranched alkanes of at least 4 members (excludes halogenated alkanes) is 1. The molecule has 0 spiro atoms. The van der Waals surface area contributed by atoms with Gasteiger partial charge in [-0.3, -0.25) is 4.79 Å². The molecule has 0 unspecified atom stereocenters. The highest BCUT2D eigenvalue weighted by molar-refractivity contribution is 7.89. The summed E-state index contributed by atoms with van der Waals surface area (Å²) >= 11 is 0. The number of nitrogens with one attached hydrogen (secondary N) is 1. The minimum absolute atomic E-state index is 0.0493. The summed E-state index contributed by atoms with van der Waals surface area (Å²) in [4.78, 5) is 12.1. The Bertz CT molecular complexity index is 680. The van der Waals surface area contributed by atoms with Gasteiger partial charge in [0.2, 0.25) is 15.9 Å². The third-order valence-corrected chi connectivity index (χ3v) is 6.71. The molecule has 1 N–H and O–H groups in total. The lowest BCUT2D eigenvalue weighted by Gasteiger charge is -2.25. The van der Waals surface area contributed by atoms with Crippen LogP contribution in [-0.2, 0) is 21.2 Å². The predicted octanol–water partition coefficient (Wildman–Crippen LogP) is 3.48. The summed E-state index contributed by atoms with van der Waals surface area (Å²) in [7, 11) is -3.15. The van der Waals surface area contributed by atoms with E-state index in [4.69, 9.17) is 0 Å². The fourth-order valence-electron chi connectivity index (χ4n) is 3.08. The van der Waals surface area contributed by atoms with Crippen molar-refractivity contribution in [2.24, 2.45) is 0 Å². The van der Waals surface area contributed by atoms with Gasteiger partial charge in [-0.05, 0) is 56.2 Å². The number of hydrogen-bond acceptors (Lipinski definition) is 3. The number of hydrogen-bond donors (Lipinski definition) is 1. The number of carbonyl (C=O) groups is 1. The Kier molecular flexibility index (Phi) is 7.44. The molecule has 5 nitrogen and oxygen atoms in total. The molecule has 25 heavy (non-hydrogen) atoms. The van der Waals surface area contributed by atoms with E-state index in [0.717, 1.165) is 36.9 Å². The van der Waals surface area contributed by atoms with Crippen molar-refractivity contribution in [1.82, 2.24) is 4.31 Å². The quantitative estimate of drug-likeness (QED) is 0.716. The van der Waals surface area contributed by atoms with Crippen LogP contribution >= 0.6 is 0 Å². The number of nitrogens with zero attached hydrogens (tertiary/aromatic N) is 1. The molecule has 0 atom stereocenters. The molecular weight excluding hydrogens is 336 g/mol. The topological polar surface area (TPSA) is 66.5 Å². The number of aryl methyl sites for hydroxylation is 2. The molecule has 1 aromatic rings. The maximum atomic E-state index is 12.3. The van der Waals surface area contributed by atoms with Gasteiger partial charge in [-0.25, -0.2) is 12.7 Å².